The van der Waals surface area contributed by atoms with Gasteiger partial charge in [-0.1, -0.05) is 17.7 Å². The van der Waals surface area contributed by atoms with Crippen LogP contribution in [0.5, 0.6) is 0 Å². The highest BCUT2D eigenvalue weighted by Crippen LogP contribution is 2.17. The van der Waals surface area contributed by atoms with Crippen molar-refractivity contribution in [3.63, 3.8) is 0 Å². The molecule has 0 aliphatic rings. The zero-order chi connectivity index (χ0) is 16.7. The van der Waals surface area contributed by atoms with Crippen molar-refractivity contribution in [1.29, 1.82) is 0 Å². The molecule has 1 aromatic heterocycles. The average Bonchev–Trinajstić information content (AvgIpc) is 2.94. The van der Waals surface area contributed by atoms with Gasteiger partial charge >= 0.3 is 0 Å². The number of anilines is 1. The Hall–Kier alpha value is -1.96. The van der Waals surface area contributed by atoms with E-state index in [4.69, 9.17) is 16.3 Å². The van der Waals surface area contributed by atoms with Gasteiger partial charge in [-0.3, -0.25) is 4.79 Å². The molecule has 0 bridgehead atoms. The molecule has 0 fully saturated rings. The molecule has 0 spiro atoms. The Morgan fingerprint density at radius 3 is 3.00 bits per heavy atom. The first-order valence-corrected chi connectivity index (χ1v) is 7.43. The standard InChI is InChI=1S/C15H18ClFN4O2/c1-23-7-6-18-9-15(22)20-14-4-5-19-21(14)10-11-2-3-12(16)13(17)8-11/h2-5,8,18H,6-7,9-10H2,1H3,(H,20,22). The fourth-order valence-electron chi connectivity index (χ4n) is 1.94. The quantitative estimate of drug-likeness (QED) is 0.720. The number of nitrogens with zero attached hydrogens (tertiary/aromatic N) is 2. The fourth-order valence-corrected chi connectivity index (χ4v) is 2.06. The van der Waals surface area contributed by atoms with Gasteiger partial charge in [0.2, 0.25) is 5.91 Å². The van der Waals surface area contributed by atoms with Crippen LogP contribution in [0.3, 0.4) is 0 Å². The van der Waals surface area contributed by atoms with Gasteiger partial charge in [0.15, 0.2) is 0 Å². The predicted octanol–water partition coefficient (Wildman–Crippen LogP) is 1.90. The Labute approximate surface area is 138 Å². The lowest BCUT2D eigenvalue weighted by Crippen LogP contribution is -2.31. The van der Waals surface area contributed by atoms with E-state index in [1.54, 1.807) is 30.1 Å². The van der Waals surface area contributed by atoms with Gasteiger partial charge in [0.1, 0.15) is 11.6 Å². The maximum absolute atomic E-state index is 13.5. The predicted molar refractivity (Wildman–Crippen MR) is 86.1 cm³/mol. The Kier molecular flexibility index (Phi) is 6.52. The molecule has 2 N–H and O–H groups in total. The molecule has 2 aromatic rings. The van der Waals surface area contributed by atoms with E-state index in [1.165, 1.54) is 12.1 Å². The van der Waals surface area contributed by atoms with Gasteiger partial charge in [0, 0.05) is 19.7 Å². The third-order valence-electron chi connectivity index (χ3n) is 3.07. The summed E-state index contributed by atoms with van der Waals surface area (Å²) >= 11 is 5.66. The van der Waals surface area contributed by atoms with Crippen molar-refractivity contribution in [2.45, 2.75) is 6.54 Å². The molecule has 2 rings (SSSR count). The van der Waals surface area contributed by atoms with E-state index in [9.17, 15) is 9.18 Å². The number of rotatable bonds is 8. The van der Waals surface area contributed by atoms with Crippen LogP contribution in [0, 0.1) is 5.82 Å². The summed E-state index contributed by atoms with van der Waals surface area (Å²) in [4.78, 5) is 11.8. The van der Waals surface area contributed by atoms with Crippen molar-refractivity contribution in [2.24, 2.45) is 0 Å². The van der Waals surface area contributed by atoms with Gasteiger partial charge < -0.3 is 15.4 Å². The van der Waals surface area contributed by atoms with Gasteiger partial charge in [0.25, 0.3) is 0 Å². The Balaban J connectivity index is 1.93. The van der Waals surface area contributed by atoms with Crippen molar-refractivity contribution >= 4 is 23.3 Å². The number of carbonyl (C=O) groups is 1. The van der Waals surface area contributed by atoms with Crippen molar-refractivity contribution in [3.05, 3.63) is 46.9 Å². The number of methoxy groups -OCH3 is 1. The summed E-state index contributed by atoms with van der Waals surface area (Å²) < 4.78 is 19.9. The van der Waals surface area contributed by atoms with Crippen molar-refractivity contribution in [2.75, 3.05) is 32.1 Å². The van der Waals surface area contributed by atoms with Crippen LogP contribution in [0.25, 0.3) is 0 Å². The first-order chi connectivity index (χ1) is 11.1. The van der Waals surface area contributed by atoms with Gasteiger partial charge in [-0.25, -0.2) is 9.07 Å². The molecular formula is C15H18ClFN4O2. The molecule has 8 heteroatoms. The second kappa shape index (κ2) is 8.61. The van der Waals surface area contributed by atoms with Gasteiger partial charge in [-0.2, -0.15) is 5.10 Å². The van der Waals surface area contributed by atoms with Crippen LogP contribution in [-0.2, 0) is 16.1 Å². The van der Waals surface area contributed by atoms with E-state index in [0.29, 0.717) is 31.1 Å². The van der Waals surface area contributed by atoms with Gasteiger partial charge in [-0.05, 0) is 17.7 Å². The Morgan fingerprint density at radius 1 is 1.43 bits per heavy atom. The Bertz CT molecular complexity index is 663. The van der Waals surface area contributed by atoms with E-state index in [0.717, 1.165) is 0 Å². The minimum Gasteiger partial charge on any atom is -0.383 e. The molecule has 0 atom stereocenters. The first-order valence-electron chi connectivity index (χ1n) is 7.05. The fraction of sp³-hybridized carbons (Fsp3) is 0.333. The lowest BCUT2D eigenvalue weighted by molar-refractivity contribution is -0.115. The number of aromatic nitrogens is 2. The van der Waals surface area contributed by atoms with Crippen LogP contribution in [-0.4, -0.2) is 42.5 Å². The molecule has 0 saturated heterocycles. The largest absolute Gasteiger partial charge is 0.383 e. The van der Waals surface area contributed by atoms with Crippen LogP contribution in [0.4, 0.5) is 10.2 Å². The van der Waals surface area contributed by atoms with E-state index in [2.05, 4.69) is 15.7 Å². The molecule has 23 heavy (non-hydrogen) atoms. The van der Waals surface area contributed by atoms with Crippen LogP contribution in [0.15, 0.2) is 30.5 Å². The highest BCUT2D eigenvalue weighted by molar-refractivity contribution is 6.30. The molecule has 0 saturated carbocycles. The topological polar surface area (TPSA) is 68.2 Å². The number of carbonyl (C=O) groups excluding carboxylic acids is 1. The molecule has 0 aliphatic carbocycles. The molecule has 0 aliphatic heterocycles. The number of hydrogen-bond donors (Lipinski definition) is 2. The number of ether oxygens (including phenoxy) is 1. The third-order valence-corrected chi connectivity index (χ3v) is 3.38. The number of amides is 1. The number of hydrogen-bond acceptors (Lipinski definition) is 4. The Morgan fingerprint density at radius 2 is 2.26 bits per heavy atom. The van der Waals surface area contributed by atoms with Crippen molar-refractivity contribution in [1.82, 2.24) is 15.1 Å². The lowest BCUT2D eigenvalue weighted by Gasteiger charge is -2.10. The molecule has 0 unspecified atom stereocenters. The summed E-state index contributed by atoms with van der Waals surface area (Å²) in [7, 11) is 1.60. The maximum Gasteiger partial charge on any atom is 0.239 e. The molecule has 6 nitrogen and oxygen atoms in total. The van der Waals surface area contributed by atoms with Crippen molar-refractivity contribution in [3.8, 4) is 0 Å². The minimum absolute atomic E-state index is 0.0740. The lowest BCUT2D eigenvalue weighted by atomic mass is 10.2. The molecular weight excluding hydrogens is 323 g/mol. The summed E-state index contributed by atoms with van der Waals surface area (Å²) in [5.41, 5.74) is 0.698. The third kappa shape index (κ3) is 5.31. The molecule has 0 radical (unpaired) electrons. The number of nitrogens with one attached hydrogen (secondary N) is 2. The molecule has 1 aromatic carbocycles. The summed E-state index contributed by atoms with van der Waals surface area (Å²) in [5, 5.41) is 9.91. The molecule has 124 valence electrons. The SMILES string of the molecule is COCCNCC(=O)Nc1ccnn1Cc1ccc(Cl)c(F)c1. The van der Waals surface area contributed by atoms with Crippen LogP contribution in [0.1, 0.15) is 5.56 Å². The van der Waals surface area contributed by atoms with Gasteiger partial charge in [-0.15, -0.1) is 0 Å². The zero-order valence-electron chi connectivity index (χ0n) is 12.7. The maximum atomic E-state index is 13.5. The van der Waals surface area contributed by atoms with Gasteiger partial charge in [0.05, 0.1) is 30.9 Å². The monoisotopic (exact) mass is 340 g/mol. The van der Waals surface area contributed by atoms with E-state index in [1.807, 2.05) is 0 Å². The zero-order valence-corrected chi connectivity index (χ0v) is 13.4. The van der Waals surface area contributed by atoms with Crippen LogP contribution in [0.2, 0.25) is 5.02 Å². The first kappa shape index (κ1) is 17.4. The normalized spacial score (nSPS) is 10.7. The smallest absolute Gasteiger partial charge is 0.239 e. The number of benzene rings is 1. The summed E-state index contributed by atoms with van der Waals surface area (Å²) in [6, 6.07) is 6.24. The second-order valence-corrected chi connectivity index (χ2v) is 5.25. The number of halogens is 2. The highest BCUT2D eigenvalue weighted by Gasteiger charge is 2.09. The van der Waals surface area contributed by atoms with Crippen molar-refractivity contribution < 1.29 is 13.9 Å². The molecule has 1 heterocycles. The minimum atomic E-state index is -0.482. The average molecular weight is 341 g/mol. The van der Waals surface area contributed by atoms with E-state index >= 15 is 0 Å². The summed E-state index contributed by atoms with van der Waals surface area (Å²) in [5.74, 6) is -0.131. The highest BCUT2D eigenvalue weighted by atomic mass is 35.5. The van der Waals surface area contributed by atoms with E-state index < -0.39 is 5.82 Å². The summed E-state index contributed by atoms with van der Waals surface area (Å²) in [6.07, 6.45) is 1.57. The van der Waals surface area contributed by atoms with Crippen LogP contribution < -0.4 is 10.6 Å². The molecule has 1 amide bonds. The second-order valence-electron chi connectivity index (χ2n) is 4.84. The van der Waals surface area contributed by atoms with E-state index in [-0.39, 0.29) is 17.5 Å². The van der Waals surface area contributed by atoms with Crippen LogP contribution >= 0.6 is 11.6 Å². The summed E-state index contributed by atoms with van der Waals surface area (Å²) in [6.45, 7) is 1.62.